The van der Waals surface area contributed by atoms with Gasteiger partial charge >= 0.3 is 0 Å². The van der Waals surface area contributed by atoms with Crippen LogP contribution < -0.4 is 5.32 Å². The zero-order chi connectivity index (χ0) is 21.9. The van der Waals surface area contributed by atoms with Crippen molar-refractivity contribution < 1.29 is 9.59 Å². The first-order chi connectivity index (χ1) is 14.2. The van der Waals surface area contributed by atoms with Crippen molar-refractivity contribution in [2.75, 3.05) is 18.4 Å². The Morgan fingerprint density at radius 3 is 2.47 bits per heavy atom. The van der Waals surface area contributed by atoms with Crippen LogP contribution in [0.2, 0.25) is 5.02 Å². The van der Waals surface area contributed by atoms with Gasteiger partial charge in [0.15, 0.2) is 0 Å². The number of benzene rings is 1. The minimum Gasteiger partial charge on any atom is -0.329 e. The molecule has 0 aliphatic heterocycles. The van der Waals surface area contributed by atoms with Crippen LogP contribution in [0.25, 0.3) is 5.69 Å². The zero-order valence-electron chi connectivity index (χ0n) is 17.5. The van der Waals surface area contributed by atoms with Gasteiger partial charge in [-0.15, -0.1) is 11.3 Å². The molecule has 0 spiro atoms. The molecule has 0 bridgehead atoms. The van der Waals surface area contributed by atoms with Crippen molar-refractivity contribution in [3.8, 4) is 5.69 Å². The average Bonchev–Trinajstić information content (AvgIpc) is 3.36. The van der Waals surface area contributed by atoms with E-state index in [-0.39, 0.29) is 23.8 Å². The number of hydrogen-bond acceptors (Lipinski definition) is 4. The van der Waals surface area contributed by atoms with Crippen molar-refractivity contribution >= 4 is 40.6 Å². The lowest BCUT2D eigenvalue weighted by Crippen LogP contribution is -2.37. The summed E-state index contributed by atoms with van der Waals surface area (Å²) in [5.41, 5.74) is 1.43. The molecule has 30 heavy (non-hydrogen) atoms. The molecule has 0 radical (unpaired) electrons. The lowest BCUT2D eigenvalue weighted by atomic mass is 9.92. The second-order valence-corrected chi connectivity index (χ2v) is 9.28. The monoisotopic (exact) mass is 444 g/mol. The van der Waals surface area contributed by atoms with Crippen LogP contribution in [0.15, 0.2) is 47.8 Å². The van der Waals surface area contributed by atoms with Gasteiger partial charge in [0.05, 0.1) is 16.3 Å². The molecule has 0 unspecified atom stereocenters. The summed E-state index contributed by atoms with van der Waals surface area (Å²) < 4.78 is 1.69. The average molecular weight is 445 g/mol. The summed E-state index contributed by atoms with van der Waals surface area (Å²) in [5.74, 6) is 0.119. The minimum atomic E-state index is -0.280. The summed E-state index contributed by atoms with van der Waals surface area (Å²) in [5, 5.41) is 10.1. The number of amides is 2. The number of thiophene rings is 1. The van der Waals surface area contributed by atoms with Crippen LogP contribution in [0, 0.1) is 0 Å². The summed E-state index contributed by atoms with van der Waals surface area (Å²) in [6, 6.07) is 12.7. The largest absolute Gasteiger partial charge is 0.329 e. The van der Waals surface area contributed by atoms with E-state index in [0.29, 0.717) is 22.3 Å². The van der Waals surface area contributed by atoms with Crippen LogP contribution in [0.4, 0.5) is 5.82 Å². The lowest BCUT2D eigenvalue weighted by molar-refractivity contribution is -0.116. The minimum absolute atomic E-state index is 0.0378. The van der Waals surface area contributed by atoms with Gasteiger partial charge in [0.25, 0.3) is 5.91 Å². The van der Waals surface area contributed by atoms with E-state index in [9.17, 15) is 9.59 Å². The standard InChI is InChI=1S/C22H25ClN4O2S/c1-5-26(21(29)17-7-6-12-30-17)14-20(28)24-19-13-18(22(2,3)4)25-27(19)16-10-8-15(23)9-11-16/h6-13H,5,14H2,1-4H3,(H,24,28). The number of halogens is 1. The second-order valence-electron chi connectivity index (χ2n) is 7.90. The molecule has 0 fully saturated rings. The highest BCUT2D eigenvalue weighted by Crippen LogP contribution is 2.27. The second kappa shape index (κ2) is 9.02. The van der Waals surface area contributed by atoms with Gasteiger partial charge in [0.1, 0.15) is 12.4 Å². The molecule has 0 aliphatic carbocycles. The number of hydrogen-bond donors (Lipinski definition) is 1. The van der Waals surface area contributed by atoms with Crippen LogP contribution in [0.5, 0.6) is 0 Å². The number of rotatable bonds is 6. The maximum Gasteiger partial charge on any atom is 0.264 e. The Morgan fingerprint density at radius 1 is 1.20 bits per heavy atom. The fraction of sp³-hybridized carbons (Fsp3) is 0.318. The van der Waals surface area contributed by atoms with Gasteiger partial charge in [0, 0.05) is 23.0 Å². The Hall–Kier alpha value is -2.64. The first-order valence-electron chi connectivity index (χ1n) is 9.68. The number of nitrogens with one attached hydrogen (secondary N) is 1. The molecule has 0 saturated carbocycles. The smallest absolute Gasteiger partial charge is 0.264 e. The molecule has 6 nitrogen and oxygen atoms in total. The van der Waals surface area contributed by atoms with Gasteiger partial charge in [-0.25, -0.2) is 4.68 Å². The SMILES string of the molecule is CCN(CC(=O)Nc1cc(C(C)(C)C)nn1-c1ccc(Cl)cc1)C(=O)c1cccs1. The highest BCUT2D eigenvalue weighted by atomic mass is 35.5. The fourth-order valence-electron chi connectivity index (χ4n) is 2.85. The molecule has 2 aromatic heterocycles. The lowest BCUT2D eigenvalue weighted by Gasteiger charge is -2.19. The zero-order valence-corrected chi connectivity index (χ0v) is 19.0. The summed E-state index contributed by atoms with van der Waals surface area (Å²) in [7, 11) is 0. The number of carbonyl (C=O) groups excluding carboxylic acids is 2. The number of carbonyl (C=O) groups is 2. The van der Waals surface area contributed by atoms with Crippen molar-refractivity contribution in [2.45, 2.75) is 33.1 Å². The highest BCUT2D eigenvalue weighted by Gasteiger charge is 2.23. The first-order valence-corrected chi connectivity index (χ1v) is 10.9. The number of likely N-dealkylation sites (N-methyl/N-ethyl adjacent to an activating group) is 1. The molecule has 2 amide bonds. The summed E-state index contributed by atoms with van der Waals surface area (Å²) >= 11 is 7.38. The van der Waals surface area contributed by atoms with E-state index >= 15 is 0 Å². The molecule has 0 atom stereocenters. The quantitative estimate of drug-likeness (QED) is 0.582. The van der Waals surface area contributed by atoms with E-state index < -0.39 is 0 Å². The van der Waals surface area contributed by atoms with Crippen molar-refractivity contribution in [1.82, 2.24) is 14.7 Å². The van der Waals surface area contributed by atoms with Crippen LogP contribution in [0.1, 0.15) is 43.1 Å². The van der Waals surface area contributed by atoms with Gasteiger partial charge in [-0.05, 0) is 42.6 Å². The van der Waals surface area contributed by atoms with Crippen LogP contribution in [-0.2, 0) is 10.2 Å². The molecule has 8 heteroatoms. The number of aromatic nitrogens is 2. The third-order valence-electron chi connectivity index (χ3n) is 4.55. The third-order valence-corrected chi connectivity index (χ3v) is 5.66. The number of nitrogens with zero attached hydrogens (tertiary/aromatic N) is 3. The maximum atomic E-state index is 12.8. The summed E-state index contributed by atoms with van der Waals surface area (Å²) in [4.78, 5) is 27.5. The van der Waals surface area contributed by atoms with E-state index in [1.165, 1.54) is 16.2 Å². The molecule has 0 saturated heterocycles. The van der Waals surface area contributed by atoms with E-state index in [1.54, 1.807) is 22.9 Å². The third kappa shape index (κ3) is 5.09. The van der Waals surface area contributed by atoms with Gasteiger partial charge in [0.2, 0.25) is 5.91 Å². The van der Waals surface area contributed by atoms with Gasteiger partial charge in [-0.1, -0.05) is 38.4 Å². The molecule has 2 heterocycles. The fourth-order valence-corrected chi connectivity index (χ4v) is 3.67. The van der Waals surface area contributed by atoms with Gasteiger partial charge < -0.3 is 10.2 Å². The predicted molar refractivity (Wildman–Crippen MR) is 122 cm³/mol. The van der Waals surface area contributed by atoms with Crippen molar-refractivity contribution in [3.63, 3.8) is 0 Å². The van der Waals surface area contributed by atoms with E-state index in [1.807, 2.05) is 36.6 Å². The molecular formula is C22H25ClN4O2S. The Bertz CT molecular complexity index is 1020. The Kier molecular flexibility index (Phi) is 6.63. The molecule has 1 N–H and O–H groups in total. The molecule has 0 aliphatic rings. The van der Waals surface area contributed by atoms with Crippen molar-refractivity contribution in [1.29, 1.82) is 0 Å². The summed E-state index contributed by atoms with van der Waals surface area (Å²) in [6.45, 7) is 8.44. The van der Waals surface area contributed by atoms with Crippen LogP contribution in [0.3, 0.4) is 0 Å². The number of anilines is 1. The van der Waals surface area contributed by atoms with E-state index in [4.69, 9.17) is 11.6 Å². The van der Waals surface area contributed by atoms with Gasteiger partial charge in [-0.2, -0.15) is 5.10 Å². The van der Waals surface area contributed by atoms with Crippen molar-refractivity contribution in [3.05, 3.63) is 63.4 Å². The summed E-state index contributed by atoms with van der Waals surface area (Å²) in [6.07, 6.45) is 0. The van der Waals surface area contributed by atoms with E-state index in [0.717, 1.165) is 11.4 Å². The topological polar surface area (TPSA) is 67.2 Å². The van der Waals surface area contributed by atoms with E-state index in [2.05, 4.69) is 31.2 Å². The highest BCUT2D eigenvalue weighted by molar-refractivity contribution is 7.12. The maximum absolute atomic E-state index is 12.8. The van der Waals surface area contributed by atoms with Gasteiger partial charge in [-0.3, -0.25) is 9.59 Å². The normalized spacial score (nSPS) is 11.4. The Balaban J connectivity index is 1.83. The molecule has 3 aromatic rings. The van der Waals surface area contributed by atoms with Crippen molar-refractivity contribution in [2.24, 2.45) is 0 Å². The molecular weight excluding hydrogens is 420 g/mol. The first kappa shape index (κ1) is 22.1. The van der Waals surface area contributed by atoms with Crippen LogP contribution in [-0.4, -0.2) is 39.6 Å². The van der Waals surface area contributed by atoms with Crippen LogP contribution >= 0.6 is 22.9 Å². The molecule has 3 rings (SSSR count). The molecule has 1 aromatic carbocycles. The Morgan fingerprint density at radius 2 is 1.90 bits per heavy atom. The Labute approximate surface area is 185 Å². The molecule has 158 valence electrons. The predicted octanol–water partition coefficient (Wildman–Crippen LogP) is 4.99.